The van der Waals surface area contributed by atoms with Crippen LogP contribution in [0.1, 0.15) is 10.4 Å². The van der Waals surface area contributed by atoms with Crippen molar-refractivity contribution in [1.82, 2.24) is 4.98 Å². The van der Waals surface area contributed by atoms with E-state index in [0.29, 0.717) is 10.6 Å². The largest absolute Gasteiger partial charge is 0.298 e. The Morgan fingerprint density at radius 2 is 2.07 bits per heavy atom. The summed E-state index contributed by atoms with van der Waals surface area (Å²) >= 11 is 5.90. The van der Waals surface area contributed by atoms with Gasteiger partial charge in [0.1, 0.15) is 6.29 Å². The van der Waals surface area contributed by atoms with Gasteiger partial charge in [0, 0.05) is 28.5 Å². The Labute approximate surface area is 92.5 Å². The van der Waals surface area contributed by atoms with Crippen molar-refractivity contribution < 1.29 is 4.79 Å². The van der Waals surface area contributed by atoms with Gasteiger partial charge in [-0.2, -0.15) is 0 Å². The zero-order valence-electron chi connectivity index (χ0n) is 7.85. The molecule has 0 aliphatic carbocycles. The highest BCUT2D eigenvalue weighted by Crippen LogP contribution is 2.23. The lowest BCUT2D eigenvalue weighted by molar-refractivity contribution is 0.112. The van der Waals surface area contributed by atoms with Gasteiger partial charge < -0.3 is 0 Å². The second kappa shape index (κ2) is 4.24. The van der Waals surface area contributed by atoms with Gasteiger partial charge in [-0.15, -0.1) is 0 Å². The summed E-state index contributed by atoms with van der Waals surface area (Å²) in [5.41, 5.74) is 2.42. The minimum atomic E-state index is 0.554. The van der Waals surface area contributed by atoms with Gasteiger partial charge in [-0.05, 0) is 29.8 Å². The molecule has 0 radical (unpaired) electrons. The van der Waals surface area contributed by atoms with Crippen molar-refractivity contribution in [2.24, 2.45) is 0 Å². The smallest absolute Gasteiger partial charge is 0.150 e. The number of aldehydes is 1. The summed E-state index contributed by atoms with van der Waals surface area (Å²) in [4.78, 5) is 14.7. The van der Waals surface area contributed by atoms with Crippen molar-refractivity contribution in [3.05, 3.63) is 53.3 Å². The molecule has 0 fully saturated rings. The summed E-state index contributed by atoms with van der Waals surface area (Å²) < 4.78 is 0. The maximum Gasteiger partial charge on any atom is 0.150 e. The Kier molecular flexibility index (Phi) is 2.79. The molecule has 0 N–H and O–H groups in total. The third-order valence-corrected chi connectivity index (χ3v) is 2.27. The van der Waals surface area contributed by atoms with E-state index in [1.165, 1.54) is 0 Å². The Bertz CT molecular complexity index is 482. The van der Waals surface area contributed by atoms with E-state index in [4.69, 9.17) is 11.6 Å². The SMILES string of the molecule is O=Cc1cc(Cl)cc(-c2cccnc2)c1. The lowest BCUT2D eigenvalue weighted by atomic mass is 10.1. The third-order valence-electron chi connectivity index (χ3n) is 2.05. The molecule has 0 aliphatic rings. The minimum Gasteiger partial charge on any atom is -0.298 e. The second-order valence-corrected chi connectivity index (χ2v) is 3.57. The molecule has 0 saturated heterocycles. The van der Waals surface area contributed by atoms with E-state index in [1.807, 2.05) is 18.2 Å². The van der Waals surface area contributed by atoms with E-state index in [2.05, 4.69) is 4.98 Å². The van der Waals surface area contributed by atoms with Gasteiger partial charge in [0.25, 0.3) is 0 Å². The van der Waals surface area contributed by atoms with E-state index in [1.54, 1.807) is 24.5 Å². The molecule has 0 spiro atoms. The molecule has 2 rings (SSSR count). The number of rotatable bonds is 2. The van der Waals surface area contributed by atoms with Gasteiger partial charge in [0.05, 0.1) is 0 Å². The van der Waals surface area contributed by atoms with E-state index in [0.717, 1.165) is 17.4 Å². The zero-order chi connectivity index (χ0) is 10.7. The Morgan fingerprint density at radius 3 is 2.73 bits per heavy atom. The predicted octanol–water partition coefficient (Wildman–Crippen LogP) is 3.21. The molecule has 2 aromatic rings. The van der Waals surface area contributed by atoms with Crippen molar-refractivity contribution in [3.63, 3.8) is 0 Å². The van der Waals surface area contributed by atoms with E-state index in [9.17, 15) is 4.79 Å². The number of aromatic nitrogens is 1. The van der Waals surface area contributed by atoms with Crippen LogP contribution < -0.4 is 0 Å². The van der Waals surface area contributed by atoms with E-state index >= 15 is 0 Å². The lowest BCUT2D eigenvalue weighted by Crippen LogP contribution is -1.84. The molecule has 1 aromatic heterocycles. The fourth-order valence-electron chi connectivity index (χ4n) is 1.38. The molecule has 0 amide bonds. The van der Waals surface area contributed by atoms with Gasteiger partial charge >= 0.3 is 0 Å². The topological polar surface area (TPSA) is 30.0 Å². The first-order valence-corrected chi connectivity index (χ1v) is 4.83. The summed E-state index contributed by atoms with van der Waals surface area (Å²) in [7, 11) is 0. The molecule has 0 unspecified atom stereocenters. The van der Waals surface area contributed by atoms with Gasteiger partial charge in [-0.3, -0.25) is 9.78 Å². The van der Waals surface area contributed by atoms with Crippen molar-refractivity contribution in [1.29, 1.82) is 0 Å². The second-order valence-electron chi connectivity index (χ2n) is 3.13. The first-order valence-electron chi connectivity index (χ1n) is 4.46. The van der Waals surface area contributed by atoms with Crippen LogP contribution in [0.2, 0.25) is 5.02 Å². The molecule has 1 heterocycles. The molecule has 0 aliphatic heterocycles. The summed E-state index contributed by atoms with van der Waals surface area (Å²) in [5.74, 6) is 0. The van der Waals surface area contributed by atoms with Crippen LogP contribution in [0.5, 0.6) is 0 Å². The highest BCUT2D eigenvalue weighted by Gasteiger charge is 2.01. The van der Waals surface area contributed by atoms with Gasteiger partial charge in [-0.25, -0.2) is 0 Å². The molecule has 74 valence electrons. The Morgan fingerprint density at radius 1 is 1.20 bits per heavy atom. The average molecular weight is 218 g/mol. The normalized spacial score (nSPS) is 9.93. The molecule has 0 bridgehead atoms. The number of carbonyl (C=O) groups excluding carboxylic acids is 1. The first kappa shape index (κ1) is 9.87. The molecule has 1 aromatic carbocycles. The average Bonchev–Trinajstić information content (AvgIpc) is 2.29. The van der Waals surface area contributed by atoms with Crippen LogP contribution in [0.25, 0.3) is 11.1 Å². The fourth-order valence-corrected chi connectivity index (χ4v) is 1.62. The monoisotopic (exact) mass is 217 g/mol. The zero-order valence-corrected chi connectivity index (χ0v) is 8.61. The van der Waals surface area contributed by atoms with E-state index < -0.39 is 0 Å². The van der Waals surface area contributed by atoms with Crippen LogP contribution in [0.3, 0.4) is 0 Å². The number of pyridine rings is 1. The number of hydrogen-bond acceptors (Lipinski definition) is 2. The maximum atomic E-state index is 10.7. The highest BCUT2D eigenvalue weighted by molar-refractivity contribution is 6.31. The van der Waals surface area contributed by atoms with Gasteiger partial charge in [0.15, 0.2) is 0 Å². The molecule has 2 nitrogen and oxygen atoms in total. The van der Waals surface area contributed by atoms with E-state index in [-0.39, 0.29) is 0 Å². The van der Waals surface area contributed by atoms with Crippen molar-refractivity contribution in [3.8, 4) is 11.1 Å². The molecule has 15 heavy (non-hydrogen) atoms. The molecule has 0 atom stereocenters. The Balaban J connectivity index is 2.53. The number of halogens is 1. The van der Waals surface area contributed by atoms with Crippen molar-refractivity contribution in [2.75, 3.05) is 0 Å². The highest BCUT2D eigenvalue weighted by atomic mass is 35.5. The van der Waals surface area contributed by atoms with Crippen molar-refractivity contribution >= 4 is 17.9 Å². The lowest BCUT2D eigenvalue weighted by Gasteiger charge is -2.02. The molecular formula is C12H8ClNO. The van der Waals surface area contributed by atoms with Crippen LogP contribution in [0.4, 0.5) is 0 Å². The summed E-state index contributed by atoms with van der Waals surface area (Å²) in [6, 6.07) is 9.00. The number of hydrogen-bond donors (Lipinski definition) is 0. The Hall–Kier alpha value is -1.67. The summed E-state index contributed by atoms with van der Waals surface area (Å²) in [6.07, 6.45) is 4.22. The van der Waals surface area contributed by atoms with Crippen LogP contribution >= 0.6 is 11.6 Å². The standard InChI is InChI=1S/C12H8ClNO/c13-12-5-9(8-15)4-11(6-12)10-2-1-3-14-7-10/h1-8H. The molecule has 3 heteroatoms. The van der Waals surface area contributed by atoms with Crippen molar-refractivity contribution in [2.45, 2.75) is 0 Å². The fraction of sp³-hybridized carbons (Fsp3) is 0. The number of nitrogens with zero attached hydrogens (tertiary/aromatic N) is 1. The maximum absolute atomic E-state index is 10.7. The first-order chi connectivity index (χ1) is 7.29. The third kappa shape index (κ3) is 2.22. The quantitative estimate of drug-likeness (QED) is 0.723. The number of benzene rings is 1. The minimum absolute atomic E-state index is 0.554. The van der Waals surface area contributed by atoms with Gasteiger partial charge in [-0.1, -0.05) is 17.7 Å². The summed E-state index contributed by atoms with van der Waals surface area (Å²) in [6.45, 7) is 0. The van der Waals surface area contributed by atoms with Gasteiger partial charge in [0.2, 0.25) is 0 Å². The van der Waals surface area contributed by atoms with Crippen LogP contribution in [0.15, 0.2) is 42.7 Å². The number of carbonyl (C=O) groups is 1. The molecular weight excluding hydrogens is 210 g/mol. The predicted molar refractivity (Wildman–Crippen MR) is 60.1 cm³/mol. The summed E-state index contributed by atoms with van der Waals surface area (Å²) in [5, 5.41) is 0.554. The molecule has 0 saturated carbocycles. The van der Waals surface area contributed by atoms with Crippen LogP contribution in [-0.4, -0.2) is 11.3 Å². The van der Waals surface area contributed by atoms with Crippen LogP contribution in [0, 0.1) is 0 Å². The van der Waals surface area contributed by atoms with Crippen LogP contribution in [-0.2, 0) is 0 Å².